The van der Waals surface area contributed by atoms with Crippen LogP contribution in [0.5, 0.6) is 5.75 Å². The molecule has 0 radical (unpaired) electrons. The third kappa shape index (κ3) is 4.94. The molecule has 0 aliphatic carbocycles. The number of furan rings is 1. The molecule has 1 N–H and O–H groups in total. The average Bonchev–Trinajstić information content (AvgIpc) is 3.26. The van der Waals surface area contributed by atoms with Gasteiger partial charge in [0.2, 0.25) is 0 Å². The molecular formula is C20H19N3O5S. The van der Waals surface area contributed by atoms with Crippen molar-refractivity contribution in [2.75, 3.05) is 25.3 Å². The highest BCUT2D eigenvalue weighted by Crippen LogP contribution is 2.25. The third-order valence-corrected chi connectivity index (χ3v) is 4.57. The molecule has 2 aromatic heterocycles. The lowest BCUT2D eigenvalue weighted by Gasteiger charge is -2.11. The predicted octanol–water partition coefficient (Wildman–Crippen LogP) is 3.57. The summed E-state index contributed by atoms with van der Waals surface area (Å²) in [4.78, 5) is 33.4. The number of aryl methyl sites for hydroxylation is 1. The molecule has 0 spiro atoms. The number of rotatable bonds is 7. The van der Waals surface area contributed by atoms with Gasteiger partial charge in [0.25, 0.3) is 5.91 Å². The number of benzene rings is 1. The van der Waals surface area contributed by atoms with Crippen LogP contribution >= 0.6 is 11.8 Å². The van der Waals surface area contributed by atoms with Crippen LogP contribution in [0, 0.1) is 6.92 Å². The summed E-state index contributed by atoms with van der Waals surface area (Å²) in [6.45, 7) is 1.24. The zero-order valence-electron chi connectivity index (χ0n) is 16.1. The molecule has 0 unspecified atom stereocenters. The molecule has 150 valence electrons. The highest BCUT2D eigenvalue weighted by Gasteiger charge is 2.22. The SMILES string of the molecule is COc1cccc(NC(=O)COC(=O)c2c(C)nc(-c3ccco3)nc2SC)c1. The lowest BCUT2D eigenvalue weighted by Crippen LogP contribution is -2.22. The standard InChI is InChI=1S/C20H19N3O5S/c1-12-17(19(29-3)23-18(21-12)15-8-5-9-27-15)20(25)28-11-16(24)22-13-6-4-7-14(10-13)26-2/h4-10H,11H2,1-3H3,(H,22,24). The molecule has 2 heterocycles. The number of carbonyl (C=O) groups excluding carboxylic acids is 2. The van der Waals surface area contributed by atoms with Crippen LogP contribution in [0.3, 0.4) is 0 Å². The van der Waals surface area contributed by atoms with Crippen molar-refractivity contribution < 1.29 is 23.5 Å². The zero-order valence-corrected chi connectivity index (χ0v) is 16.9. The number of amides is 1. The normalized spacial score (nSPS) is 10.4. The molecule has 3 rings (SSSR count). The summed E-state index contributed by atoms with van der Waals surface area (Å²) in [6, 6.07) is 10.3. The van der Waals surface area contributed by atoms with Crippen LogP contribution < -0.4 is 10.1 Å². The molecule has 0 bridgehead atoms. The molecule has 29 heavy (non-hydrogen) atoms. The number of hydrogen-bond acceptors (Lipinski definition) is 8. The summed E-state index contributed by atoms with van der Waals surface area (Å²) >= 11 is 1.28. The van der Waals surface area contributed by atoms with Crippen LogP contribution in [0.15, 0.2) is 52.1 Å². The number of nitrogens with zero attached hydrogens (tertiary/aromatic N) is 2. The number of methoxy groups -OCH3 is 1. The maximum atomic E-state index is 12.6. The maximum absolute atomic E-state index is 12.6. The molecule has 0 atom stereocenters. The van der Waals surface area contributed by atoms with E-state index >= 15 is 0 Å². The largest absolute Gasteiger partial charge is 0.497 e. The first kappa shape index (κ1) is 20.4. The van der Waals surface area contributed by atoms with E-state index in [1.165, 1.54) is 25.1 Å². The Labute approximate surface area is 171 Å². The highest BCUT2D eigenvalue weighted by atomic mass is 32.2. The first-order valence-electron chi connectivity index (χ1n) is 8.59. The van der Waals surface area contributed by atoms with E-state index < -0.39 is 18.5 Å². The molecule has 0 aliphatic rings. The van der Waals surface area contributed by atoms with Crippen molar-refractivity contribution in [1.82, 2.24) is 9.97 Å². The van der Waals surface area contributed by atoms with Crippen molar-refractivity contribution in [3.8, 4) is 17.3 Å². The van der Waals surface area contributed by atoms with Crippen molar-refractivity contribution in [2.24, 2.45) is 0 Å². The van der Waals surface area contributed by atoms with Crippen LogP contribution in [0.1, 0.15) is 16.1 Å². The molecule has 9 heteroatoms. The van der Waals surface area contributed by atoms with E-state index in [2.05, 4.69) is 15.3 Å². The van der Waals surface area contributed by atoms with Gasteiger partial charge in [-0.25, -0.2) is 14.8 Å². The number of carbonyl (C=O) groups is 2. The Morgan fingerprint density at radius 3 is 2.72 bits per heavy atom. The van der Waals surface area contributed by atoms with Gasteiger partial charge in [0.15, 0.2) is 18.2 Å². The highest BCUT2D eigenvalue weighted by molar-refractivity contribution is 7.98. The Bertz CT molecular complexity index is 1020. The van der Waals surface area contributed by atoms with Crippen molar-refractivity contribution in [3.05, 3.63) is 53.9 Å². The lowest BCUT2D eigenvalue weighted by molar-refractivity contribution is -0.119. The van der Waals surface area contributed by atoms with E-state index in [4.69, 9.17) is 13.9 Å². The lowest BCUT2D eigenvalue weighted by atomic mass is 10.2. The Morgan fingerprint density at radius 2 is 2.03 bits per heavy atom. The van der Waals surface area contributed by atoms with Gasteiger partial charge in [-0.15, -0.1) is 11.8 Å². The number of hydrogen-bond donors (Lipinski definition) is 1. The number of thioether (sulfide) groups is 1. The monoisotopic (exact) mass is 413 g/mol. The first-order chi connectivity index (χ1) is 14.0. The van der Waals surface area contributed by atoms with Crippen molar-refractivity contribution >= 4 is 29.3 Å². The second-order valence-corrected chi connectivity index (χ2v) is 6.65. The molecule has 1 amide bonds. The second kappa shape index (κ2) is 9.24. The quantitative estimate of drug-likeness (QED) is 0.356. The summed E-state index contributed by atoms with van der Waals surface area (Å²) in [7, 11) is 1.54. The molecule has 0 saturated heterocycles. The van der Waals surface area contributed by atoms with Crippen molar-refractivity contribution in [1.29, 1.82) is 0 Å². The zero-order chi connectivity index (χ0) is 20.8. The number of aromatic nitrogens is 2. The number of anilines is 1. The van der Waals surface area contributed by atoms with E-state index in [-0.39, 0.29) is 5.56 Å². The molecule has 0 saturated carbocycles. The topological polar surface area (TPSA) is 104 Å². The molecule has 8 nitrogen and oxygen atoms in total. The van der Waals surface area contributed by atoms with E-state index in [1.54, 1.807) is 49.6 Å². The van der Waals surface area contributed by atoms with Crippen LogP contribution in [-0.2, 0) is 9.53 Å². The average molecular weight is 413 g/mol. The van der Waals surface area contributed by atoms with Gasteiger partial charge in [0.05, 0.1) is 19.1 Å². The molecule has 3 aromatic rings. The van der Waals surface area contributed by atoms with Crippen molar-refractivity contribution in [2.45, 2.75) is 11.9 Å². The molecule has 1 aromatic carbocycles. The van der Waals surface area contributed by atoms with Crippen molar-refractivity contribution in [3.63, 3.8) is 0 Å². The smallest absolute Gasteiger partial charge is 0.343 e. The van der Waals surface area contributed by atoms with E-state index in [9.17, 15) is 9.59 Å². The van der Waals surface area contributed by atoms with Crippen LogP contribution in [0.4, 0.5) is 5.69 Å². The van der Waals surface area contributed by atoms with E-state index in [0.29, 0.717) is 33.7 Å². The fourth-order valence-corrected chi connectivity index (χ4v) is 3.16. The van der Waals surface area contributed by atoms with Gasteiger partial charge in [-0.2, -0.15) is 0 Å². The number of ether oxygens (including phenoxy) is 2. The fraction of sp³-hybridized carbons (Fsp3) is 0.200. The van der Waals surface area contributed by atoms with Crippen LogP contribution in [-0.4, -0.2) is 41.8 Å². The summed E-state index contributed by atoms with van der Waals surface area (Å²) < 4.78 is 15.6. The van der Waals surface area contributed by atoms with E-state index in [0.717, 1.165) is 0 Å². The van der Waals surface area contributed by atoms with Gasteiger partial charge in [-0.1, -0.05) is 6.07 Å². The predicted molar refractivity (Wildman–Crippen MR) is 108 cm³/mol. The Morgan fingerprint density at radius 1 is 1.21 bits per heavy atom. The molecule has 0 fully saturated rings. The Hall–Kier alpha value is -3.33. The summed E-state index contributed by atoms with van der Waals surface area (Å²) in [5.74, 6) is 0.348. The van der Waals surface area contributed by atoms with E-state index in [1.807, 2.05) is 0 Å². The van der Waals surface area contributed by atoms with Gasteiger partial charge in [0, 0.05) is 11.8 Å². The van der Waals surface area contributed by atoms with Gasteiger partial charge in [0.1, 0.15) is 16.3 Å². The Kier molecular flexibility index (Phi) is 6.50. The minimum absolute atomic E-state index is 0.224. The van der Waals surface area contributed by atoms with Gasteiger partial charge in [-0.3, -0.25) is 4.79 Å². The van der Waals surface area contributed by atoms with Gasteiger partial charge < -0.3 is 19.2 Å². The van der Waals surface area contributed by atoms with Gasteiger partial charge >= 0.3 is 5.97 Å². The first-order valence-corrected chi connectivity index (χ1v) is 9.82. The van der Waals surface area contributed by atoms with Crippen LogP contribution in [0.2, 0.25) is 0 Å². The number of esters is 1. The summed E-state index contributed by atoms with van der Waals surface area (Å²) in [5.41, 5.74) is 1.20. The minimum atomic E-state index is -0.668. The molecule has 0 aliphatic heterocycles. The summed E-state index contributed by atoms with van der Waals surface area (Å²) in [6.07, 6.45) is 3.32. The number of nitrogens with one attached hydrogen (secondary N) is 1. The Balaban J connectivity index is 1.69. The minimum Gasteiger partial charge on any atom is -0.497 e. The third-order valence-electron chi connectivity index (χ3n) is 3.88. The summed E-state index contributed by atoms with van der Waals surface area (Å²) in [5, 5.41) is 3.10. The van der Waals surface area contributed by atoms with Crippen LogP contribution in [0.25, 0.3) is 11.6 Å². The second-order valence-electron chi connectivity index (χ2n) is 5.85. The molecular weight excluding hydrogens is 394 g/mol. The maximum Gasteiger partial charge on any atom is 0.343 e. The van der Waals surface area contributed by atoms with Gasteiger partial charge in [-0.05, 0) is 37.4 Å². The fourth-order valence-electron chi connectivity index (χ4n) is 2.55.